The molecule has 0 radical (unpaired) electrons. The Morgan fingerprint density at radius 2 is 1.77 bits per heavy atom. The van der Waals surface area contributed by atoms with Crippen molar-refractivity contribution in [3.8, 4) is 16.9 Å². The minimum Gasteiger partial charge on any atom is -0.488 e. The van der Waals surface area contributed by atoms with E-state index in [0.717, 1.165) is 0 Å². The van der Waals surface area contributed by atoms with Crippen molar-refractivity contribution in [1.82, 2.24) is 0 Å². The number of carbonyl (C=O) groups is 2. The molecule has 0 bridgehead atoms. The number of para-hydroxylation sites is 1. The second kappa shape index (κ2) is 9.41. The van der Waals surface area contributed by atoms with Gasteiger partial charge in [0.25, 0.3) is 0 Å². The van der Waals surface area contributed by atoms with Crippen LogP contribution >= 0.6 is 11.6 Å². The molecule has 3 aromatic rings. The number of amides is 1. The number of aliphatic carboxylic acids is 1. The van der Waals surface area contributed by atoms with Gasteiger partial charge in [-0.25, -0.2) is 4.39 Å². The number of carbonyl (C=O) groups excluding carboxylic acids is 1. The van der Waals surface area contributed by atoms with Gasteiger partial charge in [-0.05, 0) is 29.3 Å². The van der Waals surface area contributed by atoms with Crippen LogP contribution in [0.2, 0.25) is 5.02 Å². The fourth-order valence-corrected chi connectivity index (χ4v) is 3.36. The first-order valence-corrected chi connectivity index (χ1v) is 9.49. The quantitative estimate of drug-likeness (QED) is 0.558. The average Bonchev–Trinajstić information content (AvgIpc) is 2.68. The first-order valence-electron chi connectivity index (χ1n) is 9.11. The Morgan fingerprint density at radius 3 is 2.50 bits per heavy atom. The number of rotatable bonds is 8. The van der Waals surface area contributed by atoms with Crippen LogP contribution in [0.4, 0.5) is 4.39 Å². The van der Waals surface area contributed by atoms with Crippen LogP contribution in [0.25, 0.3) is 11.1 Å². The number of carboxylic acid groups (broad SMARTS) is 1. The van der Waals surface area contributed by atoms with Crippen molar-refractivity contribution >= 4 is 23.5 Å². The van der Waals surface area contributed by atoms with Gasteiger partial charge in [-0.1, -0.05) is 54.1 Å². The number of halogens is 2. The molecule has 3 rings (SSSR count). The van der Waals surface area contributed by atoms with Crippen LogP contribution in [0.5, 0.6) is 5.75 Å². The van der Waals surface area contributed by atoms with E-state index in [1.54, 1.807) is 48.5 Å². The van der Waals surface area contributed by atoms with E-state index in [1.165, 1.54) is 12.1 Å². The molecule has 30 heavy (non-hydrogen) atoms. The monoisotopic (exact) mass is 427 g/mol. The SMILES string of the molecule is NC(=O)Cc1cccc(-c2cc(Cl)cc(COc3ccccc3CC(=O)O)c2F)c1. The third-order valence-electron chi connectivity index (χ3n) is 4.43. The number of ether oxygens (including phenoxy) is 1. The van der Waals surface area contributed by atoms with Crippen LogP contribution in [0, 0.1) is 5.82 Å². The predicted octanol–water partition coefficient (Wildman–Crippen LogP) is 4.38. The molecule has 0 aromatic heterocycles. The van der Waals surface area contributed by atoms with Crippen LogP contribution < -0.4 is 10.5 Å². The van der Waals surface area contributed by atoms with Gasteiger partial charge in [0.1, 0.15) is 18.2 Å². The van der Waals surface area contributed by atoms with Gasteiger partial charge in [0.2, 0.25) is 5.91 Å². The van der Waals surface area contributed by atoms with Crippen molar-refractivity contribution in [1.29, 1.82) is 0 Å². The summed E-state index contributed by atoms with van der Waals surface area (Å²) in [5, 5.41) is 9.36. The fraction of sp³-hybridized carbons (Fsp3) is 0.130. The van der Waals surface area contributed by atoms with Crippen LogP contribution in [0.3, 0.4) is 0 Å². The molecule has 0 unspecified atom stereocenters. The molecule has 0 aliphatic rings. The summed E-state index contributed by atoms with van der Waals surface area (Å²) < 4.78 is 20.9. The molecule has 0 fully saturated rings. The number of hydrogen-bond donors (Lipinski definition) is 2. The van der Waals surface area contributed by atoms with Gasteiger partial charge in [-0.15, -0.1) is 0 Å². The maximum absolute atomic E-state index is 15.2. The van der Waals surface area contributed by atoms with Gasteiger partial charge in [0.05, 0.1) is 12.8 Å². The number of primary amides is 1. The van der Waals surface area contributed by atoms with Crippen molar-refractivity contribution in [2.45, 2.75) is 19.4 Å². The molecule has 0 spiro atoms. The smallest absolute Gasteiger partial charge is 0.307 e. The third kappa shape index (κ3) is 5.36. The lowest BCUT2D eigenvalue weighted by Gasteiger charge is -2.14. The van der Waals surface area contributed by atoms with Gasteiger partial charge < -0.3 is 15.6 Å². The van der Waals surface area contributed by atoms with Crippen molar-refractivity contribution in [3.63, 3.8) is 0 Å². The van der Waals surface area contributed by atoms with Gasteiger partial charge in [-0.2, -0.15) is 0 Å². The van der Waals surface area contributed by atoms with Gasteiger partial charge in [-0.3, -0.25) is 9.59 Å². The van der Waals surface area contributed by atoms with E-state index in [4.69, 9.17) is 27.2 Å². The van der Waals surface area contributed by atoms with E-state index in [0.29, 0.717) is 27.5 Å². The molecule has 0 aliphatic heterocycles. The van der Waals surface area contributed by atoms with E-state index in [2.05, 4.69) is 0 Å². The molecule has 0 saturated heterocycles. The topological polar surface area (TPSA) is 89.6 Å². The second-order valence-electron chi connectivity index (χ2n) is 6.74. The summed E-state index contributed by atoms with van der Waals surface area (Å²) in [4.78, 5) is 22.2. The van der Waals surface area contributed by atoms with Crippen molar-refractivity contribution in [3.05, 3.63) is 88.2 Å². The summed E-state index contributed by atoms with van der Waals surface area (Å²) in [5.41, 5.74) is 7.45. The zero-order valence-corrected chi connectivity index (χ0v) is 16.7. The second-order valence-corrected chi connectivity index (χ2v) is 7.17. The molecule has 7 heteroatoms. The van der Waals surface area contributed by atoms with E-state index in [9.17, 15) is 9.59 Å². The summed E-state index contributed by atoms with van der Waals surface area (Å²) in [6, 6.07) is 16.5. The minimum atomic E-state index is -0.988. The highest BCUT2D eigenvalue weighted by Crippen LogP contribution is 2.30. The maximum Gasteiger partial charge on any atom is 0.307 e. The Hall–Kier alpha value is -3.38. The number of hydrogen-bond acceptors (Lipinski definition) is 3. The lowest BCUT2D eigenvalue weighted by atomic mass is 9.99. The van der Waals surface area contributed by atoms with E-state index in [-0.39, 0.29) is 30.6 Å². The van der Waals surface area contributed by atoms with E-state index < -0.39 is 17.7 Å². The minimum absolute atomic E-state index is 0.0480. The molecule has 0 heterocycles. The highest BCUT2D eigenvalue weighted by Gasteiger charge is 2.15. The van der Waals surface area contributed by atoms with Crippen LogP contribution in [-0.4, -0.2) is 17.0 Å². The lowest BCUT2D eigenvalue weighted by Crippen LogP contribution is -2.13. The zero-order chi connectivity index (χ0) is 21.7. The Balaban J connectivity index is 1.89. The summed E-state index contributed by atoms with van der Waals surface area (Å²) in [5.74, 6) is -1.61. The van der Waals surface area contributed by atoms with Crippen molar-refractivity contribution in [2.75, 3.05) is 0 Å². The first-order chi connectivity index (χ1) is 14.3. The standard InChI is InChI=1S/C23H19ClFNO4/c24-18-10-17(13-30-20-7-2-1-5-16(20)11-22(28)29)23(25)19(12-18)15-6-3-4-14(8-15)9-21(26)27/h1-8,10,12H,9,11,13H2,(H2,26,27)(H,28,29). The summed E-state index contributed by atoms with van der Waals surface area (Å²) in [6.45, 7) is -0.128. The first kappa shape index (κ1) is 21.3. The van der Waals surface area contributed by atoms with Crippen LogP contribution in [0.1, 0.15) is 16.7 Å². The third-order valence-corrected chi connectivity index (χ3v) is 4.64. The normalized spacial score (nSPS) is 10.6. The molecule has 3 N–H and O–H groups in total. The van der Waals surface area contributed by atoms with Gasteiger partial charge in [0.15, 0.2) is 0 Å². The molecular weight excluding hydrogens is 409 g/mol. The Morgan fingerprint density at radius 1 is 1.00 bits per heavy atom. The molecular formula is C23H19ClFNO4. The zero-order valence-electron chi connectivity index (χ0n) is 15.9. The lowest BCUT2D eigenvalue weighted by molar-refractivity contribution is -0.136. The Labute approximate surface area is 177 Å². The molecule has 1 amide bonds. The predicted molar refractivity (Wildman–Crippen MR) is 112 cm³/mol. The van der Waals surface area contributed by atoms with Crippen LogP contribution in [0.15, 0.2) is 60.7 Å². The summed E-state index contributed by atoms with van der Waals surface area (Å²) in [7, 11) is 0. The average molecular weight is 428 g/mol. The fourth-order valence-electron chi connectivity index (χ4n) is 3.12. The van der Waals surface area contributed by atoms with Crippen LogP contribution in [-0.2, 0) is 29.0 Å². The number of nitrogens with two attached hydrogens (primary N) is 1. The van der Waals surface area contributed by atoms with Crippen molar-refractivity contribution < 1.29 is 23.8 Å². The largest absolute Gasteiger partial charge is 0.488 e. The molecule has 0 atom stereocenters. The van der Waals surface area contributed by atoms with Crippen molar-refractivity contribution in [2.24, 2.45) is 5.73 Å². The van der Waals surface area contributed by atoms with Gasteiger partial charge in [0, 0.05) is 21.7 Å². The number of benzene rings is 3. The molecule has 3 aromatic carbocycles. The van der Waals surface area contributed by atoms with E-state index >= 15 is 4.39 Å². The summed E-state index contributed by atoms with van der Waals surface area (Å²) in [6.07, 6.45) is -0.154. The molecule has 5 nitrogen and oxygen atoms in total. The maximum atomic E-state index is 15.2. The highest BCUT2D eigenvalue weighted by molar-refractivity contribution is 6.31. The highest BCUT2D eigenvalue weighted by atomic mass is 35.5. The molecule has 0 saturated carbocycles. The molecule has 0 aliphatic carbocycles. The Kier molecular flexibility index (Phi) is 6.69. The molecule has 154 valence electrons. The number of carboxylic acids is 1. The van der Waals surface area contributed by atoms with Gasteiger partial charge >= 0.3 is 5.97 Å². The summed E-state index contributed by atoms with van der Waals surface area (Å²) >= 11 is 6.20. The van der Waals surface area contributed by atoms with E-state index in [1.807, 2.05) is 0 Å². The Bertz CT molecular complexity index is 1100.